The second kappa shape index (κ2) is 12.8. The van der Waals surface area contributed by atoms with Gasteiger partial charge in [-0.2, -0.15) is 0 Å². The minimum atomic E-state index is -0.483. The van der Waals surface area contributed by atoms with Gasteiger partial charge >= 0.3 is 0 Å². The van der Waals surface area contributed by atoms with Gasteiger partial charge in [0.2, 0.25) is 5.91 Å². The maximum atomic E-state index is 13.1. The van der Waals surface area contributed by atoms with Crippen molar-refractivity contribution in [3.8, 4) is 0 Å². The van der Waals surface area contributed by atoms with Crippen LogP contribution in [0, 0.1) is 0 Å². The minimum Gasteiger partial charge on any atom is -0.321 e. The number of fused-ring (bicyclic) bond motifs is 1. The number of nitrogens with zero attached hydrogens (tertiary/aromatic N) is 2. The molecule has 0 unspecified atom stereocenters. The Morgan fingerprint density at radius 2 is 1.62 bits per heavy atom. The van der Waals surface area contributed by atoms with Gasteiger partial charge in [-0.05, 0) is 66.2 Å². The summed E-state index contributed by atoms with van der Waals surface area (Å²) in [7, 11) is 0. The Morgan fingerprint density at radius 3 is 2.38 bits per heavy atom. The Kier molecular flexibility index (Phi) is 8.60. The van der Waals surface area contributed by atoms with Crippen molar-refractivity contribution in [2.75, 3.05) is 16.4 Å². The van der Waals surface area contributed by atoms with E-state index in [0.29, 0.717) is 21.9 Å². The van der Waals surface area contributed by atoms with Crippen LogP contribution in [0.25, 0.3) is 16.3 Å². The normalized spacial score (nSPS) is 11.2. The molecule has 0 saturated heterocycles. The van der Waals surface area contributed by atoms with E-state index in [4.69, 9.17) is 0 Å². The summed E-state index contributed by atoms with van der Waals surface area (Å²) in [4.78, 5) is 47.7. The van der Waals surface area contributed by atoms with E-state index in [0.717, 1.165) is 15.1 Å². The highest BCUT2D eigenvalue weighted by molar-refractivity contribution is 8.00. The lowest BCUT2D eigenvalue weighted by molar-refractivity contribution is -0.114. The van der Waals surface area contributed by atoms with Crippen molar-refractivity contribution in [3.05, 3.63) is 120 Å². The molecule has 0 bridgehead atoms. The number of thioether (sulfide) groups is 1. The first-order valence-electron chi connectivity index (χ1n) is 12.2. The van der Waals surface area contributed by atoms with Crippen molar-refractivity contribution in [1.29, 1.82) is 0 Å². The van der Waals surface area contributed by atoms with Crippen LogP contribution in [0.4, 0.5) is 10.8 Å². The number of para-hydroxylation sites is 1. The van der Waals surface area contributed by atoms with Crippen LogP contribution in [0.2, 0.25) is 0 Å². The molecule has 2 aromatic heterocycles. The molecule has 8 nitrogen and oxygen atoms in total. The Bertz CT molecular complexity index is 1640. The number of aromatic nitrogens is 2. The molecular weight excluding hydrogens is 542 g/mol. The van der Waals surface area contributed by atoms with Crippen molar-refractivity contribution in [2.45, 2.75) is 4.90 Å². The number of anilines is 2. The van der Waals surface area contributed by atoms with E-state index in [2.05, 4.69) is 25.9 Å². The zero-order chi connectivity index (χ0) is 27.7. The molecule has 2 heterocycles. The molecule has 0 radical (unpaired) electrons. The van der Waals surface area contributed by atoms with Gasteiger partial charge in [0.15, 0.2) is 5.13 Å². The van der Waals surface area contributed by atoms with Crippen molar-refractivity contribution in [1.82, 2.24) is 15.3 Å². The molecule has 0 aliphatic rings. The molecule has 40 heavy (non-hydrogen) atoms. The van der Waals surface area contributed by atoms with Crippen LogP contribution in [-0.2, 0) is 9.59 Å². The van der Waals surface area contributed by atoms with Gasteiger partial charge in [0.25, 0.3) is 11.8 Å². The molecule has 5 aromatic rings. The van der Waals surface area contributed by atoms with Crippen molar-refractivity contribution < 1.29 is 14.4 Å². The monoisotopic (exact) mass is 565 g/mol. The van der Waals surface area contributed by atoms with Crippen molar-refractivity contribution in [2.24, 2.45) is 0 Å². The van der Waals surface area contributed by atoms with Gasteiger partial charge < -0.3 is 16.0 Å². The third kappa shape index (κ3) is 7.19. The zero-order valence-electron chi connectivity index (χ0n) is 21.0. The second-order valence-corrected chi connectivity index (χ2v) is 10.5. The molecular formula is C30H23N5O3S2. The summed E-state index contributed by atoms with van der Waals surface area (Å²) >= 11 is 2.81. The van der Waals surface area contributed by atoms with Crippen LogP contribution in [-0.4, -0.2) is 33.4 Å². The highest BCUT2D eigenvalue weighted by Crippen LogP contribution is 2.26. The van der Waals surface area contributed by atoms with E-state index in [1.807, 2.05) is 42.5 Å². The lowest BCUT2D eigenvalue weighted by atomic mass is 10.2. The van der Waals surface area contributed by atoms with Gasteiger partial charge in [-0.3, -0.25) is 19.4 Å². The number of carbonyl (C=O) groups is 3. The minimum absolute atomic E-state index is 0.0758. The number of benzene rings is 3. The fourth-order valence-electron chi connectivity index (χ4n) is 3.63. The summed E-state index contributed by atoms with van der Waals surface area (Å²) in [6.07, 6.45) is 4.79. The van der Waals surface area contributed by atoms with Crippen LogP contribution in [0.1, 0.15) is 15.9 Å². The molecule has 0 fully saturated rings. The first-order valence-corrected chi connectivity index (χ1v) is 14.0. The molecule has 10 heteroatoms. The van der Waals surface area contributed by atoms with Gasteiger partial charge in [-0.15, -0.1) is 11.8 Å². The number of hydrogen-bond acceptors (Lipinski definition) is 7. The van der Waals surface area contributed by atoms with Crippen molar-refractivity contribution >= 4 is 67.9 Å². The van der Waals surface area contributed by atoms with Gasteiger partial charge in [0, 0.05) is 28.5 Å². The first kappa shape index (κ1) is 26.8. The van der Waals surface area contributed by atoms with Crippen LogP contribution >= 0.6 is 23.1 Å². The average molecular weight is 566 g/mol. The second-order valence-electron chi connectivity index (χ2n) is 8.47. The average Bonchev–Trinajstić information content (AvgIpc) is 3.39. The summed E-state index contributed by atoms with van der Waals surface area (Å²) in [6, 6.07) is 27.0. The predicted octanol–water partition coefficient (Wildman–Crippen LogP) is 5.83. The zero-order valence-corrected chi connectivity index (χ0v) is 22.7. The molecule has 0 saturated carbocycles. The predicted molar refractivity (Wildman–Crippen MR) is 160 cm³/mol. The highest BCUT2D eigenvalue weighted by Gasteiger charge is 2.15. The summed E-state index contributed by atoms with van der Waals surface area (Å²) in [6.45, 7) is 0. The Morgan fingerprint density at radius 1 is 0.850 bits per heavy atom. The number of thiazole rings is 1. The summed E-state index contributed by atoms with van der Waals surface area (Å²) < 4.78 is 1.01. The molecule has 0 spiro atoms. The van der Waals surface area contributed by atoms with Crippen LogP contribution < -0.4 is 16.0 Å². The van der Waals surface area contributed by atoms with E-state index in [9.17, 15) is 14.4 Å². The molecule has 0 aliphatic heterocycles. The molecule has 3 N–H and O–H groups in total. The number of carbonyl (C=O) groups excluding carboxylic acids is 3. The lowest BCUT2D eigenvalue weighted by Gasteiger charge is -2.12. The third-order valence-electron chi connectivity index (χ3n) is 5.55. The van der Waals surface area contributed by atoms with Gasteiger partial charge in [-0.25, -0.2) is 4.98 Å². The molecule has 0 aliphatic carbocycles. The first-order chi connectivity index (χ1) is 19.5. The lowest BCUT2D eigenvalue weighted by Crippen LogP contribution is -2.30. The van der Waals surface area contributed by atoms with Crippen LogP contribution in [0.5, 0.6) is 0 Å². The Hall–Kier alpha value is -4.80. The Balaban J connectivity index is 1.20. The van der Waals surface area contributed by atoms with E-state index >= 15 is 0 Å². The molecule has 198 valence electrons. The maximum Gasteiger partial charge on any atom is 0.272 e. The fourth-order valence-corrected chi connectivity index (χ4v) is 5.21. The fraction of sp³-hybridized carbons (Fsp3) is 0.0333. The summed E-state index contributed by atoms with van der Waals surface area (Å²) in [5.41, 5.74) is 2.56. The van der Waals surface area contributed by atoms with Gasteiger partial charge in [0.05, 0.1) is 16.0 Å². The molecule has 5 rings (SSSR count). The van der Waals surface area contributed by atoms with Crippen LogP contribution in [0.15, 0.2) is 114 Å². The number of rotatable bonds is 9. The topological polar surface area (TPSA) is 113 Å². The number of amides is 3. The summed E-state index contributed by atoms with van der Waals surface area (Å²) in [5, 5.41) is 8.94. The van der Waals surface area contributed by atoms with E-state index < -0.39 is 11.8 Å². The van der Waals surface area contributed by atoms with Gasteiger partial charge in [-0.1, -0.05) is 47.7 Å². The third-order valence-corrected chi connectivity index (χ3v) is 7.51. The Labute approximate surface area is 238 Å². The summed E-state index contributed by atoms with van der Waals surface area (Å²) in [5.74, 6) is -0.822. The number of pyridine rings is 1. The van der Waals surface area contributed by atoms with E-state index in [1.165, 1.54) is 23.1 Å². The number of nitrogens with one attached hydrogen (secondary N) is 3. The van der Waals surface area contributed by atoms with Gasteiger partial charge in [0.1, 0.15) is 5.70 Å². The molecule has 3 aromatic carbocycles. The largest absolute Gasteiger partial charge is 0.321 e. The maximum absolute atomic E-state index is 13.1. The van der Waals surface area contributed by atoms with Crippen LogP contribution in [0.3, 0.4) is 0 Å². The van der Waals surface area contributed by atoms with E-state index in [1.54, 1.807) is 67.0 Å². The SMILES string of the molecule is O=C(CSc1ccc(NC(=O)/C(=C/c2cccnc2)NC(=O)c2ccccc2)cc1)Nc1nc2ccccc2s1. The van der Waals surface area contributed by atoms with E-state index in [-0.39, 0.29) is 17.4 Å². The smallest absolute Gasteiger partial charge is 0.272 e. The molecule has 0 atom stereocenters. The molecule has 3 amide bonds. The quantitative estimate of drug-likeness (QED) is 0.153. The standard InChI is InChI=1S/C30H23N5O3S2/c36-27(35-30-34-24-10-4-5-11-26(24)40-30)19-39-23-14-12-22(13-15-23)32-29(38)25(17-20-7-6-16-31-18-20)33-28(37)21-8-2-1-3-9-21/h1-18H,19H2,(H,32,38)(H,33,37)(H,34,35,36)/b25-17-. The highest BCUT2D eigenvalue weighted by atomic mass is 32.2. The van der Waals surface area contributed by atoms with Crippen molar-refractivity contribution in [3.63, 3.8) is 0 Å². The number of hydrogen-bond donors (Lipinski definition) is 3.